The Hall–Kier alpha value is -0.100. The summed E-state index contributed by atoms with van der Waals surface area (Å²) in [6.45, 7) is 1.89. The summed E-state index contributed by atoms with van der Waals surface area (Å²) in [6, 6.07) is -0.195. The van der Waals surface area contributed by atoms with Gasteiger partial charge in [-0.05, 0) is 12.8 Å². The fourth-order valence-corrected chi connectivity index (χ4v) is 3.19. The van der Waals surface area contributed by atoms with Crippen LogP contribution in [0.2, 0.25) is 0 Å². The highest BCUT2D eigenvalue weighted by molar-refractivity contribution is 9.10. The van der Waals surface area contributed by atoms with E-state index in [2.05, 4.69) is 21.2 Å². The van der Waals surface area contributed by atoms with Crippen LogP contribution in [-0.4, -0.2) is 36.7 Å². The first-order valence-corrected chi connectivity index (χ1v) is 7.33. The number of hydrogen-bond donors (Lipinski definition) is 1. The molecule has 0 radical (unpaired) electrons. The van der Waals surface area contributed by atoms with E-state index in [4.69, 9.17) is 0 Å². The van der Waals surface area contributed by atoms with E-state index in [0.29, 0.717) is 12.8 Å². The third-order valence-electron chi connectivity index (χ3n) is 2.22. The summed E-state index contributed by atoms with van der Waals surface area (Å²) in [5.41, 5.74) is 0. The largest absolute Gasteiger partial charge is 0.351 e. The molecule has 0 saturated carbocycles. The second kappa shape index (κ2) is 4.61. The van der Waals surface area contributed by atoms with Crippen molar-refractivity contribution >= 4 is 31.7 Å². The molecule has 0 aromatic carbocycles. The molecular weight excluding hydrogens is 270 g/mol. The predicted molar refractivity (Wildman–Crippen MR) is 58.2 cm³/mol. The van der Waals surface area contributed by atoms with Crippen molar-refractivity contribution in [2.75, 3.05) is 11.5 Å². The first-order valence-electron chi connectivity index (χ1n) is 4.59. The third kappa shape index (κ3) is 3.24. The van der Waals surface area contributed by atoms with E-state index in [0.717, 1.165) is 0 Å². The summed E-state index contributed by atoms with van der Waals surface area (Å²) in [5, 5.41) is 2.72. The Labute approximate surface area is 92.5 Å². The summed E-state index contributed by atoms with van der Waals surface area (Å²) in [7, 11) is -2.90. The molecule has 1 aliphatic heterocycles. The number of hydrogen-bond acceptors (Lipinski definition) is 3. The van der Waals surface area contributed by atoms with Crippen LogP contribution < -0.4 is 5.32 Å². The SMILES string of the molecule is CCC(Br)C(=O)NC1CCS(=O)(=O)C1. The lowest BCUT2D eigenvalue weighted by Crippen LogP contribution is -2.39. The standard InChI is InChI=1S/C8H14BrNO3S/c1-2-7(9)8(11)10-6-3-4-14(12,13)5-6/h6-7H,2-5H2,1H3,(H,10,11). The van der Waals surface area contributed by atoms with Crippen molar-refractivity contribution in [3.63, 3.8) is 0 Å². The Balaban J connectivity index is 2.44. The lowest BCUT2D eigenvalue weighted by Gasteiger charge is -2.13. The van der Waals surface area contributed by atoms with Crippen LogP contribution in [0.3, 0.4) is 0 Å². The Morgan fingerprint density at radius 1 is 1.64 bits per heavy atom. The van der Waals surface area contributed by atoms with Crippen molar-refractivity contribution in [1.29, 1.82) is 0 Å². The molecule has 0 aromatic rings. The smallest absolute Gasteiger partial charge is 0.234 e. The van der Waals surface area contributed by atoms with E-state index in [1.165, 1.54) is 0 Å². The zero-order valence-corrected chi connectivity index (χ0v) is 10.4. The van der Waals surface area contributed by atoms with Crippen LogP contribution in [0.15, 0.2) is 0 Å². The number of rotatable bonds is 3. The summed E-state index contributed by atoms with van der Waals surface area (Å²) in [6.07, 6.45) is 1.24. The van der Waals surface area contributed by atoms with Crippen LogP contribution in [0, 0.1) is 0 Å². The molecule has 0 aromatic heterocycles. The monoisotopic (exact) mass is 283 g/mol. The zero-order chi connectivity index (χ0) is 10.8. The normalized spacial score (nSPS) is 27.1. The quantitative estimate of drug-likeness (QED) is 0.766. The maximum Gasteiger partial charge on any atom is 0.234 e. The molecule has 1 N–H and O–H groups in total. The number of sulfone groups is 1. The first-order chi connectivity index (χ1) is 6.44. The minimum atomic E-state index is -2.90. The first kappa shape index (κ1) is 12.0. The molecule has 1 saturated heterocycles. The van der Waals surface area contributed by atoms with Gasteiger partial charge in [-0.1, -0.05) is 22.9 Å². The second-order valence-electron chi connectivity index (χ2n) is 3.48. The maximum absolute atomic E-state index is 11.4. The van der Waals surface area contributed by atoms with Crippen molar-refractivity contribution in [2.24, 2.45) is 0 Å². The second-order valence-corrected chi connectivity index (χ2v) is 6.82. The van der Waals surface area contributed by atoms with Gasteiger partial charge in [-0.3, -0.25) is 4.79 Å². The average Bonchev–Trinajstić information content (AvgIpc) is 2.44. The van der Waals surface area contributed by atoms with Gasteiger partial charge in [-0.2, -0.15) is 0 Å². The molecule has 6 heteroatoms. The van der Waals surface area contributed by atoms with Gasteiger partial charge in [-0.15, -0.1) is 0 Å². The lowest BCUT2D eigenvalue weighted by molar-refractivity contribution is -0.121. The number of halogens is 1. The fraction of sp³-hybridized carbons (Fsp3) is 0.875. The summed E-state index contributed by atoms with van der Waals surface area (Å²) < 4.78 is 22.2. The van der Waals surface area contributed by atoms with Gasteiger partial charge in [0.15, 0.2) is 9.84 Å². The van der Waals surface area contributed by atoms with Crippen molar-refractivity contribution < 1.29 is 13.2 Å². The molecule has 0 aliphatic carbocycles. The van der Waals surface area contributed by atoms with Gasteiger partial charge >= 0.3 is 0 Å². The van der Waals surface area contributed by atoms with Crippen LogP contribution >= 0.6 is 15.9 Å². The van der Waals surface area contributed by atoms with Gasteiger partial charge < -0.3 is 5.32 Å². The molecule has 14 heavy (non-hydrogen) atoms. The molecule has 1 aliphatic rings. The van der Waals surface area contributed by atoms with Crippen LogP contribution in [-0.2, 0) is 14.6 Å². The lowest BCUT2D eigenvalue weighted by atomic mass is 10.2. The molecular formula is C8H14BrNO3S. The predicted octanol–water partition coefficient (Wildman–Crippen LogP) is 0.463. The number of carbonyl (C=O) groups excluding carboxylic acids is 1. The summed E-state index contributed by atoms with van der Waals surface area (Å²) in [4.78, 5) is 11.2. The van der Waals surface area contributed by atoms with Gasteiger partial charge in [0.25, 0.3) is 0 Å². The van der Waals surface area contributed by atoms with Gasteiger partial charge in [0.1, 0.15) is 0 Å². The van der Waals surface area contributed by atoms with Crippen molar-refractivity contribution in [3.8, 4) is 0 Å². The fourth-order valence-electron chi connectivity index (χ4n) is 1.39. The Morgan fingerprint density at radius 2 is 2.29 bits per heavy atom. The van der Waals surface area contributed by atoms with Gasteiger partial charge in [0, 0.05) is 6.04 Å². The number of alkyl halides is 1. The minimum Gasteiger partial charge on any atom is -0.351 e. The molecule has 0 spiro atoms. The molecule has 0 bridgehead atoms. The summed E-state index contributed by atoms with van der Waals surface area (Å²) >= 11 is 3.22. The number of amides is 1. The highest BCUT2D eigenvalue weighted by atomic mass is 79.9. The maximum atomic E-state index is 11.4. The Kier molecular flexibility index (Phi) is 3.94. The molecule has 82 valence electrons. The molecule has 1 fully saturated rings. The van der Waals surface area contributed by atoms with E-state index < -0.39 is 9.84 Å². The van der Waals surface area contributed by atoms with Crippen molar-refractivity contribution in [3.05, 3.63) is 0 Å². The molecule has 1 amide bonds. The Bertz CT molecular complexity index is 315. The average molecular weight is 284 g/mol. The molecule has 1 heterocycles. The van der Waals surface area contributed by atoms with Crippen LogP contribution in [0.1, 0.15) is 19.8 Å². The van der Waals surface area contributed by atoms with Gasteiger partial charge in [0.2, 0.25) is 5.91 Å². The molecule has 2 atom stereocenters. The van der Waals surface area contributed by atoms with Gasteiger partial charge in [0.05, 0.1) is 16.3 Å². The number of carbonyl (C=O) groups is 1. The highest BCUT2D eigenvalue weighted by Crippen LogP contribution is 2.12. The van der Waals surface area contributed by atoms with Crippen LogP contribution in [0.25, 0.3) is 0 Å². The topological polar surface area (TPSA) is 63.2 Å². The number of nitrogens with one attached hydrogen (secondary N) is 1. The van der Waals surface area contributed by atoms with E-state index in [1.54, 1.807) is 0 Å². The molecule has 1 rings (SSSR count). The van der Waals surface area contributed by atoms with Crippen LogP contribution in [0.5, 0.6) is 0 Å². The third-order valence-corrected chi connectivity index (χ3v) is 5.05. The highest BCUT2D eigenvalue weighted by Gasteiger charge is 2.29. The van der Waals surface area contributed by atoms with Crippen molar-refractivity contribution in [1.82, 2.24) is 5.32 Å². The van der Waals surface area contributed by atoms with E-state index in [-0.39, 0.29) is 28.3 Å². The Morgan fingerprint density at radius 3 is 2.71 bits per heavy atom. The molecule has 4 nitrogen and oxygen atoms in total. The van der Waals surface area contributed by atoms with Crippen molar-refractivity contribution in [2.45, 2.75) is 30.6 Å². The van der Waals surface area contributed by atoms with Gasteiger partial charge in [-0.25, -0.2) is 8.42 Å². The van der Waals surface area contributed by atoms with Crippen LogP contribution in [0.4, 0.5) is 0 Å². The molecule has 2 unspecified atom stereocenters. The van der Waals surface area contributed by atoms with E-state index in [9.17, 15) is 13.2 Å². The van der Waals surface area contributed by atoms with E-state index in [1.807, 2.05) is 6.92 Å². The van der Waals surface area contributed by atoms with E-state index >= 15 is 0 Å². The minimum absolute atomic E-state index is 0.0855. The summed E-state index contributed by atoms with van der Waals surface area (Å²) in [5.74, 6) is 0.161. The zero-order valence-electron chi connectivity index (χ0n) is 7.99.